The summed E-state index contributed by atoms with van der Waals surface area (Å²) in [4.78, 5) is 47.3. The second-order valence-corrected chi connectivity index (χ2v) is 22.6. The molecule has 0 fully saturated rings. The van der Waals surface area contributed by atoms with Gasteiger partial charge in [0.1, 0.15) is 0 Å². The SMILES string of the molecule is Cc1c(C#Cc2ccc(N(C)C)cc2)cc(CCCCCOP(=O)([O-])OCCOCCOCCOCCOCCOCCOP(=O)([O-])OCCOCCOCCOCCOCCOCCOP(=O)([O-])O)c(C#Cc2ccc(N(C)C)cc2)c1C. The van der Waals surface area contributed by atoms with E-state index in [0.29, 0.717) is 59.3 Å². The van der Waals surface area contributed by atoms with Crippen LogP contribution in [0.1, 0.15) is 58.2 Å². The monoisotopic (exact) mass is 1240 g/mol. The molecule has 3 unspecified atom stereocenters. The fourth-order valence-corrected chi connectivity index (χ4v) is 8.79. The summed E-state index contributed by atoms with van der Waals surface area (Å²) in [5.74, 6) is 13.6. The Morgan fingerprint density at radius 2 is 0.702 bits per heavy atom. The van der Waals surface area contributed by atoms with Crippen LogP contribution in [0.2, 0.25) is 0 Å². The number of hydrogen-bond donors (Lipinski definition) is 1. The van der Waals surface area contributed by atoms with E-state index < -0.39 is 23.5 Å². The van der Waals surface area contributed by atoms with Gasteiger partial charge in [-0.05, 0) is 104 Å². The molecule has 0 aromatic heterocycles. The molecule has 0 saturated carbocycles. The van der Waals surface area contributed by atoms with Crippen molar-refractivity contribution in [3.63, 3.8) is 0 Å². The third-order valence-corrected chi connectivity index (χ3v) is 14.2. The number of unbranched alkanes of at least 4 members (excludes halogenated alkanes) is 2. The van der Waals surface area contributed by atoms with Crippen LogP contribution in [0, 0.1) is 37.5 Å². The highest BCUT2D eigenvalue weighted by Crippen LogP contribution is 2.39. The van der Waals surface area contributed by atoms with E-state index in [1.807, 2.05) is 57.4 Å². The Morgan fingerprint density at radius 1 is 0.393 bits per heavy atom. The van der Waals surface area contributed by atoms with Crippen molar-refractivity contribution in [1.29, 1.82) is 0 Å². The molecule has 474 valence electrons. The first kappa shape index (κ1) is 74.6. The van der Waals surface area contributed by atoms with Gasteiger partial charge >= 0.3 is 0 Å². The fourth-order valence-electron chi connectivity index (χ4n) is 7.09. The second-order valence-electron chi connectivity index (χ2n) is 18.6. The summed E-state index contributed by atoms with van der Waals surface area (Å²) in [6, 6.07) is 18.4. The number of phosphoric ester groups is 3. The third-order valence-electron chi connectivity index (χ3n) is 11.7. The third kappa shape index (κ3) is 37.1. The highest BCUT2D eigenvalue weighted by Gasteiger charge is 2.14. The van der Waals surface area contributed by atoms with Gasteiger partial charge in [0, 0.05) is 61.8 Å². The summed E-state index contributed by atoms with van der Waals surface area (Å²) in [6.45, 7) is 7.87. The van der Waals surface area contributed by atoms with Crippen molar-refractivity contribution in [1.82, 2.24) is 0 Å². The minimum Gasteiger partial charge on any atom is -0.756 e. The van der Waals surface area contributed by atoms with E-state index in [9.17, 15) is 28.4 Å². The zero-order chi connectivity index (χ0) is 61.2. The van der Waals surface area contributed by atoms with Gasteiger partial charge in [-0.15, -0.1) is 0 Å². The molecule has 3 aromatic rings. The van der Waals surface area contributed by atoms with Gasteiger partial charge in [0.2, 0.25) is 0 Å². The smallest absolute Gasteiger partial charge is 0.268 e. The number of anilines is 2. The van der Waals surface area contributed by atoms with Gasteiger partial charge in [0.15, 0.2) is 0 Å². The summed E-state index contributed by atoms with van der Waals surface area (Å²) < 4.78 is 112. The summed E-state index contributed by atoms with van der Waals surface area (Å²) >= 11 is 0. The van der Waals surface area contributed by atoms with Crippen LogP contribution in [0.3, 0.4) is 0 Å². The lowest BCUT2D eigenvalue weighted by Gasteiger charge is -2.22. The molecule has 0 aliphatic heterocycles. The first-order chi connectivity index (χ1) is 40.4. The summed E-state index contributed by atoms with van der Waals surface area (Å²) in [5.41, 5.74) is 9.25. The maximum atomic E-state index is 12.4. The van der Waals surface area contributed by atoms with Crippen molar-refractivity contribution in [2.75, 3.05) is 203 Å². The van der Waals surface area contributed by atoms with E-state index in [0.717, 1.165) is 69.6 Å². The summed E-state index contributed by atoms with van der Waals surface area (Å²) in [7, 11) is -5.75. The van der Waals surface area contributed by atoms with Gasteiger partial charge in [-0.25, -0.2) is 0 Å². The lowest BCUT2D eigenvalue weighted by Crippen LogP contribution is -2.17. The van der Waals surface area contributed by atoms with Gasteiger partial charge in [-0.3, -0.25) is 13.7 Å². The average Bonchev–Trinajstić information content (AvgIpc) is 3.12. The largest absolute Gasteiger partial charge is 0.756 e. The predicted molar refractivity (Wildman–Crippen MR) is 310 cm³/mol. The zero-order valence-electron chi connectivity index (χ0n) is 49.5. The fraction of sp³-hybridized carbons (Fsp3) is 0.614. The maximum absolute atomic E-state index is 12.4. The Hall–Kier alpha value is -3.69. The van der Waals surface area contributed by atoms with Crippen molar-refractivity contribution in [2.24, 2.45) is 0 Å². The van der Waals surface area contributed by atoms with Crippen LogP contribution in [-0.4, -0.2) is 198 Å². The van der Waals surface area contributed by atoms with E-state index in [2.05, 4.69) is 77.3 Å². The maximum Gasteiger partial charge on any atom is 0.268 e. The number of phosphoric acid groups is 3. The molecule has 0 heterocycles. The Labute approximate surface area is 496 Å². The normalized spacial score (nSPS) is 13.5. The van der Waals surface area contributed by atoms with Crippen LogP contribution in [0.5, 0.6) is 0 Å². The van der Waals surface area contributed by atoms with Crippen LogP contribution < -0.4 is 24.5 Å². The van der Waals surface area contributed by atoms with Crippen molar-refractivity contribution in [3.05, 3.63) is 93.5 Å². The number of benzene rings is 3. The molecular formula is C57H86N2O22P3-3. The molecule has 0 spiro atoms. The molecule has 84 heavy (non-hydrogen) atoms. The summed E-state index contributed by atoms with van der Waals surface area (Å²) in [5, 5.41) is 0. The molecule has 0 saturated heterocycles. The van der Waals surface area contributed by atoms with Crippen LogP contribution in [0.4, 0.5) is 11.4 Å². The van der Waals surface area contributed by atoms with E-state index in [4.69, 9.17) is 70.4 Å². The average molecular weight is 1240 g/mol. The molecular weight excluding hydrogens is 1160 g/mol. The first-order valence-corrected chi connectivity index (χ1v) is 32.2. The highest BCUT2D eigenvalue weighted by molar-refractivity contribution is 7.46. The number of hydrogen-bond acceptors (Lipinski definition) is 23. The molecule has 3 aromatic carbocycles. The van der Waals surface area contributed by atoms with Gasteiger partial charge in [0.25, 0.3) is 23.5 Å². The van der Waals surface area contributed by atoms with Crippen molar-refractivity contribution >= 4 is 34.8 Å². The van der Waals surface area contributed by atoms with Gasteiger partial charge < -0.3 is 99.4 Å². The molecule has 3 atom stereocenters. The Kier molecular flexibility index (Phi) is 39.7. The topological polar surface area (TPSA) is 286 Å². The molecule has 3 rings (SSSR count). The number of aryl methyl sites for hydroxylation is 1. The Balaban J connectivity index is 1.12. The van der Waals surface area contributed by atoms with E-state index in [-0.39, 0.29) is 112 Å². The van der Waals surface area contributed by atoms with E-state index >= 15 is 0 Å². The van der Waals surface area contributed by atoms with Crippen molar-refractivity contribution in [2.45, 2.75) is 39.5 Å². The molecule has 0 bridgehead atoms. The Bertz CT molecular complexity index is 2510. The summed E-state index contributed by atoms with van der Waals surface area (Å²) in [6.07, 6.45) is 2.77. The van der Waals surface area contributed by atoms with E-state index in [1.54, 1.807) is 0 Å². The predicted octanol–water partition coefficient (Wildman–Crippen LogP) is 4.59. The molecule has 0 radical (unpaired) electrons. The lowest BCUT2D eigenvalue weighted by atomic mass is 9.90. The van der Waals surface area contributed by atoms with Crippen molar-refractivity contribution < 1.29 is 103 Å². The highest BCUT2D eigenvalue weighted by atomic mass is 31.2. The standard InChI is InChI=1S/C57H89N2O22P3/c1-49-50(2)57(22-16-52-14-20-56(21-15-52)59(5)6)54(48-53(49)17-11-51-12-18-55(19-13-51)58(3)4)10-8-7-9-23-78-83(63,64)79-45-41-74-37-33-70-29-26-68-27-31-72-35-39-76-43-47-81-84(65,66)80-46-42-75-38-34-71-30-25-67-24-28-69-32-36-73-40-44-77-82(60,61)62/h12-15,18-21,48H,7-10,23-47H2,1-6H3,(H,63,64)(H,65,66)(H2,60,61,62)/p-3. The minimum absolute atomic E-state index is 0.00178. The Morgan fingerprint density at radius 3 is 1.04 bits per heavy atom. The van der Waals surface area contributed by atoms with Crippen LogP contribution in [0.25, 0.3) is 0 Å². The molecule has 0 aliphatic rings. The molecule has 27 heteroatoms. The van der Waals surface area contributed by atoms with E-state index in [1.165, 1.54) is 0 Å². The molecule has 0 amide bonds. The van der Waals surface area contributed by atoms with Crippen LogP contribution in [0.15, 0.2) is 54.6 Å². The second kappa shape index (κ2) is 44.7. The molecule has 1 N–H and O–H groups in total. The van der Waals surface area contributed by atoms with Gasteiger partial charge in [-0.1, -0.05) is 30.1 Å². The first-order valence-electron chi connectivity index (χ1n) is 27.7. The van der Waals surface area contributed by atoms with Crippen LogP contribution >= 0.6 is 23.5 Å². The lowest BCUT2D eigenvalue weighted by molar-refractivity contribution is -0.228. The molecule has 0 aliphatic carbocycles. The molecule has 24 nitrogen and oxygen atoms in total. The van der Waals surface area contributed by atoms with Gasteiger partial charge in [0.05, 0.1) is 165 Å². The minimum atomic E-state index is -4.73. The number of rotatable bonds is 49. The van der Waals surface area contributed by atoms with Gasteiger partial charge in [-0.2, -0.15) is 0 Å². The number of nitrogens with zero attached hydrogens (tertiary/aromatic N) is 2. The quantitative estimate of drug-likeness (QED) is 0.0459. The zero-order valence-corrected chi connectivity index (χ0v) is 52.1. The van der Waals surface area contributed by atoms with Crippen molar-refractivity contribution in [3.8, 4) is 23.7 Å². The van der Waals surface area contributed by atoms with Crippen LogP contribution in [-0.2, 0) is 90.1 Å². The number of ether oxygens (including phenoxy) is 10.